The van der Waals surface area contributed by atoms with Crippen LogP contribution >= 0.6 is 11.3 Å². The molecule has 124 valence electrons. The first-order valence-electron chi connectivity index (χ1n) is 8.38. The lowest BCUT2D eigenvalue weighted by Crippen LogP contribution is -2.41. The maximum absolute atomic E-state index is 12.1. The van der Waals surface area contributed by atoms with Crippen LogP contribution in [0.5, 0.6) is 0 Å². The van der Waals surface area contributed by atoms with Crippen LogP contribution in [-0.2, 0) is 4.79 Å². The number of anilines is 1. The molecule has 2 heterocycles. The Morgan fingerprint density at radius 1 is 1.35 bits per heavy atom. The third kappa shape index (κ3) is 3.99. The summed E-state index contributed by atoms with van der Waals surface area (Å²) in [6, 6.07) is 2.44. The summed E-state index contributed by atoms with van der Waals surface area (Å²) in [7, 11) is 0. The minimum absolute atomic E-state index is 0.128. The number of thiophene rings is 1. The van der Waals surface area contributed by atoms with E-state index in [0.717, 1.165) is 22.5 Å². The lowest BCUT2D eigenvalue weighted by Gasteiger charge is -2.29. The molecule has 23 heavy (non-hydrogen) atoms. The molecule has 0 aromatic carbocycles. The fourth-order valence-corrected chi connectivity index (χ4v) is 4.07. The van der Waals surface area contributed by atoms with Gasteiger partial charge in [0.05, 0.1) is 5.39 Å². The predicted octanol–water partition coefficient (Wildman–Crippen LogP) is 3.50. The number of hydrogen-bond acceptors (Lipinski definition) is 5. The number of hydrogen-bond donors (Lipinski definition) is 2. The van der Waals surface area contributed by atoms with E-state index in [0.29, 0.717) is 24.9 Å². The van der Waals surface area contributed by atoms with Crippen molar-refractivity contribution < 1.29 is 4.79 Å². The summed E-state index contributed by atoms with van der Waals surface area (Å²) in [6.45, 7) is 4.89. The average molecular weight is 332 g/mol. The van der Waals surface area contributed by atoms with Gasteiger partial charge in [-0.25, -0.2) is 9.97 Å². The van der Waals surface area contributed by atoms with Crippen molar-refractivity contribution in [2.24, 2.45) is 5.92 Å². The topological polar surface area (TPSA) is 66.9 Å². The molecule has 0 saturated heterocycles. The Morgan fingerprint density at radius 2 is 2.17 bits per heavy atom. The van der Waals surface area contributed by atoms with E-state index >= 15 is 0 Å². The lowest BCUT2D eigenvalue weighted by atomic mass is 9.86. The van der Waals surface area contributed by atoms with Crippen molar-refractivity contribution in [3.63, 3.8) is 0 Å². The fourth-order valence-electron chi connectivity index (χ4n) is 3.22. The summed E-state index contributed by atoms with van der Waals surface area (Å²) in [6.07, 6.45) is 6.89. The van der Waals surface area contributed by atoms with Gasteiger partial charge < -0.3 is 10.6 Å². The van der Waals surface area contributed by atoms with Gasteiger partial charge in [-0.2, -0.15) is 0 Å². The van der Waals surface area contributed by atoms with Crippen molar-refractivity contribution in [2.45, 2.75) is 52.0 Å². The highest BCUT2D eigenvalue weighted by atomic mass is 32.1. The van der Waals surface area contributed by atoms with Crippen LogP contribution in [0.3, 0.4) is 0 Å². The molecule has 0 aliphatic heterocycles. The number of fused-ring (bicyclic) bond motifs is 1. The Kier molecular flexibility index (Phi) is 5.10. The van der Waals surface area contributed by atoms with E-state index in [9.17, 15) is 4.79 Å². The van der Waals surface area contributed by atoms with Gasteiger partial charge in [0.15, 0.2) is 0 Å². The summed E-state index contributed by atoms with van der Waals surface area (Å²) in [5.74, 6) is 1.54. The number of amides is 1. The first-order chi connectivity index (χ1) is 11.1. The quantitative estimate of drug-likeness (QED) is 0.879. The van der Waals surface area contributed by atoms with Crippen LogP contribution < -0.4 is 10.6 Å². The van der Waals surface area contributed by atoms with Crippen molar-refractivity contribution in [1.82, 2.24) is 15.3 Å². The normalized spacial score (nSPS) is 21.3. The molecule has 0 radical (unpaired) electrons. The lowest BCUT2D eigenvalue weighted by molar-refractivity contribution is -0.122. The molecular formula is C17H24N4OS. The molecule has 1 saturated carbocycles. The number of nitrogens with zero attached hydrogens (tertiary/aromatic N) is 2. The molecule has 2 aromatic rings. The van der Waals surface area contributed by atoms with Crippen molar-refractivity contribution >= 4 is 33.3 Å². The first-order valence-corrected chi connectivity index (χ1v) is 9.19. The van der Waals surface area contributed by atoms with E-state index in [-0.39, 0.29) is 5.91 Å². The summed E-state index contributed by atoms with van der Waals surface area (Å²) >= 11 is 1.66. The summed E-state index contributed by atoms with van der Waals surface area (Å²) in [4.78, 5) is 22.9. The highest BCUT2D eigenvalue weighted by Crippen LogP contribution is 2.27. The molecule has 2 aromatic heterocycles. The van der Waals surface area contributed by atoms with Crippen LogP contribution in [-0.4, -0.2) is 28.5 Å². The average Bonchev–Trinajstić information content (AvgIpc) is 2.91. The minimum Gasteiger partial charge on any atom is -0.369 e. The molecule has 0 spiro atoms. The predicted molar refractivity (Wildman–Crippen MR) is 94.8 cm³/mol. The molecule has 3 rings (SSSR count). The van der Waals surface area contributed by atoms with E-state index in [1.165, 1.54) is 24.1 Å². The zero-order chi connectivity index (χ0) is 16.2. The smallest absolute Gasteiger partial charge is 0.221 e. The Labute approximate surface area is 140 Å². The maximum Gasteiger partial charge on any atom is 0.221 e. The summed E-state index contributed by atoms with van der Waals surface area (Å²) in [5, 5.41) is 7.50. The summed E-state index contributed by atoms with van der Waals surface area (Å²) < 4.78 is 0. The molecule has 2 unspecified atom stereocenters. The van der Waals surface area contributed by atoms with E-state index in [1.807, 2.05) is 0 Å². The maximum atomic E-state index is 12.1. The zero-order valence-corrected chi connectivity index (χ0v) is 14.6. The fraction of sp³-hybridized carbons (Fsp3) is 0.588. The molecule has 5 nitrogen and oxygen atoms in total. The number of aryl methyl sites for hydroxylation is 1. The van der Waals surface area contributed by atoms with Crippen LogP contribution in [0.2, 0.25) is 0 Å². The second kappa shape index (κ2) is 7.25. The van der Waals surface area contributed by atoms with Gasteiger partial charge in [-0.15, -0.1) is 11.3 Å². The van der Waals surface area contributed by atoms with Crippen molar-refractivity contribution in [1.29, 1.82) is 0 Å². The van der Waals surface area contributed by atoms with Crippen LogP contribution in [0.4, 0.5) is 5.82 Å². The summed E-state index contributed by atoms with van der Waals surface area (Å²) in [5.41, 5.74) is 0. The SMILES string of the molecule is Cc1cc2c(NCCC(=O)NC3CCCCC3C)ncnc2s1. The van der Waals surface area contributed by atoms with Crippen LogP contribution in [0.25, 0.3) is 10.2 Å². The third-order valence-corrected chi connectivity index (χ3v) is 5.51. The molecule has 6 heteroatoms. The molecule has 0 bridgehead atoms. The minimum atomic E-state index is 0.128. The van der Waals surface area contributed by atoms with Gasteiger partial charge in [-0.1, -0.05) is 19.8 Å². The van der Waals surface area contributed by atoms with Crippen LogP contribution in [0.1, 0.15) is 43.9 Å². The molecule has 2 atom stereocenters. The Balaban J connectivity index is 1.51. The highest BCUT2D eigenvalue weighted by molar-refractivity contribution is 7.18. The van der Waals surface area contributed by atoms with Crippen molar-refractivity contribution in [2.75, 3.05) is 11.9 Å². The Morgan fingerprint density at radius 3 is 3.00 bits per heavy atom. The molecule has 1 fully saturated rings. The van der Waals surface area contributed by atoms with Crippen LogP contribution in [0, 0.1) is 12.8 Å². The van der Waals surface area contributed by atoms with Gasteiger partial charge in [-0.3, -0.25) is 4.79 Å². The second-order valence-corrected chi connectivity index (χ2v) is 7.65. The zero-order valence-electron chi connectivity index (χ0n) is 13.8. The number of aromatic nitrogens is 2. The molecule has 2 N–H and O–H groups in total. The molecule has 1 aliphatic carbocycles. The van der Waals surface area contributed by atoms with Gasteiger partial charge in [0, 0.05) is 23.9 Å². The molecule has 1 amide bonds. The van der Waals surface area contributed by atoms with Gasteiger partial charge >= 0.3 is 0 Å². The molecular weight excluding hydrogens is 308 g/mol. The largest absolute Gasteiger partial charge is 0.369 e. The van der Waals surface area contributed by atoms with E-state index in [4.69, 9.17) is 0 Å². The standard InChI is InChI=1S/C17H24N4OS/c1-11-5-3-4-6-14(11)21-15(22)7-8-18-16-13-9-12(2)23-17(13)20-10-19-16/h9-11,14H,3-8H2,1-2H3,(H,21,22)(H,18,19,20). The van der Waals surface area contributed by atoms with Gasteiger partial charge in [-0.05, 0) is 31.7 Å². The monoisotopic (exact) mass is 332 g/mol. The van der Waals surface area contributed by atoms with Gasteiger partial charge in [0.25, 0.3) is 0 Å². The number of nitrogens with one attached hydrogen (secondary N) is 2. The molecule has 1 aliphatic rings. The highest BCUT2D eigenvalue weighted by Gasteiger charge is 2.22. The second-order valence-electron chi connectivity index (χ2n) is 6.41. The van der Waals surface area contributed by atoms with E-state index < -0.39 is 0 Å². The van der Waals surface area contributed by atoms with Crippen molar-refractivity contribution in [3.8, 4) is 0 Å². The Hall–Kier alpha value is -1.69. The number of carbonyl (C=O) groups excluding carboxylic acids is 1. The number of rotatable bonds is 5. The van der Waals surface area contributed by atoms with Gasteiger partial charge in [0.1, 0.15) is 17.0 Å². The number of carbonyl (C=O) groups is 1. The van der Waals surface area contributed by atoms with Crippen LogP contribution in [0.15, 0.2) is 12.4 Å². The first kappa shape index (κ1) is 16.2. The van der Waals surface area contributed by atoms with E-state index in [1.54, 1.807) is 17.7 Å². The van der Waals surface area contributed by atoms with Crippen molar-refractivity contribution in [3.05, 3.63) is 17.3 Å². The third-order valence-electron chi connectivity index (χ3n) is 4.55. The van der Waals surface area contributed by atoms with Gasteiger partial charge in [0.2, 0.25) is 5.91 Å². The Bertz CT molecular complexity index is 684. The van der Waals surface area contributed by atoms with E-state index in [2.05, 4.69) is 40.5 Å².